The van der Waals surface area contributed by atoms with E-state index in [9.17, 15) is 9.59 Å². The lowest BCUT2D eigenvalue weighted by atomic mass is 10.1. The minimum Gasteiger partial charge on any atom is -0.477 e. The Kier molecular flexibility index (Phi) is 3.34. The number of benzene rings is 1. The van der Waals surface area contributed by atoms with Crippen molar-refractivity contribution in [2.45, 2.75) is 0 Å². The first-order valence-electron chi connectivity index (χ1n) is 5.19. The third kappa shape index (κ3) is 2.22. The average molecular weight is 308 g/mol. The number of carboxylic acids is 1. The molecule has 2 rings (SSSR count). The van der Waals surface area contributed by atoms with Gasteiger partial charge in [-0.25, -0.2) is 4.79 Å². The predicted octanol–water partition coefficient (Wildman–Crippen LogP) is 2.51. The first-order valence-corrected chi connectivity index (χ1v) is 5.99. The second-order valence-electron chi connectivity index (χ2n) is 3.84. The average Bonchev–Trinajstić information content (AvgIpc) is 2.33. The first kappa shape index (κ1) is 12.6. The molecule has 0 aliphatic heterocycles. The molecule has 0 aliphatic rings. The van der Waals surface area contributed by atoms with Gasteiger partial charge in [0.15, 0.2) is 0 Å². The summed E-state index contributed by atoms with van der Waals surface area (Å²) in [4.78, 5) is 22.7. The van der Waals surface area contributed by atoms with Crippen LogP contribution >= 0.6 is 15.9 Å². The summed E-state index contributed by atoms with van der Waals surface area (Å²) >= 11 is 3.40. The number of aryl methyl sites for hydroxylation is 1. The van der Waals surface area contributed by atoms with E-state index in [1.54, 1.807) is 6.20 Å². The summed E-state index contributed by atoms with van der Waals surface area (Å²) in [6, 6.07) is 8.83. The van der Waals surface area contributed by atoms with Crippen LogP contribution in [0.25, 0.3) is 11.1 Å². The molecule has 0 radical (unpaired) electrons. The quantitative estimate of drug-likeness (QED) is 0.927. The maximum absolute atomic E-state index is 11.6. The SMILES string of the molecule is Cn1cc(-c2ccccc2Br)cc(C(=O)O)c1=O. The zero-order valence-corrected chi connectivity index (χ0v) is 11.1. The Labute approximate surface area is 112 Å². The molecule has 1 aromatic heterocycles. The molecular formula is C13H10BrNO3. The lowest BCUT2D eigenvalue weighted by Crippen LogP contribution is -2.23. The van der Waals surface area contributed by atoms with Gasteiger partial charge in [-0.15, -0.1) is 0 Å². The van der Waals surface area contributed by atoms with Crippen LogP contribution in [-0.4, -0.2) is 15.6 Å². The molecule has 0 bridgehead atoms. The van der Waals surface area contributed by atoms with E-state index in [0.29, 0.717) is 5.56 Å². The van der Waals surface area contributed by atoms with Crippen molar-refractivity contribution in [1.82, 2.24) is 4.57 Å². The summed E-state index contributed by atoms with van der Waals surface area (Å²) in [5.41, 5.74) is 0.779. The highest BCUT2D eigenvalue weighted by Crippen LogP contribution is 2.27. The molecule has 18 heavy (non-hydrogen) atoms. The van der Waals surface area contributed by atoms with Crippen molar-refractivity contribution in [3.63, 3.8) is 0 Å². The Morgan fingerprint density at radius 1 is 1.33 bits per heavy atom. The number of carboxylic acid groups (broad SMARTS) is 1. The molecule has 92 valence electrons. The van der Waals surface area contributed by atoms with E-state index in [2.05, 4.69) is 15.9 Å². The van der Waals surface area contributed by atoms with Gasteiger partial charge in [-0.1, -0.05) is 34.1 Å². The van der Waals surface area contributed by atoms with Gasteiger partial charge < -0.3 is 9.67 Å². The molecule has 0 fully saturated rings. The molecule has 0 amide bonds. The van der Waals surface area contributed by atoms with Gasteiger partial charge in [-0.05, 0) is 17.7 Å². The maximum atomic E-state index is 11.6. The fraction of sp³-hybridized carbons (Fsp3) is 0.0769. The fourth-order valence-corrected chi connectivity index (χ4v) is 2.22. The van der Waals surface area contributed by atoms with Crippen LogP contribution in [0.1, 0.15) is 10.4 Å². The zero-order chi connectivity index (χ0) is 13.3. The maximum Gasteiger partial charge on any atom is 0.341 e. The van der Waals surface area contributed by atoms with Crippen molar-refractivity contribution in [1.29, 1.82) is 0 Å². The molecule has 4 nitrogen and oxygen atoms in total. The van der Waals surface area contributed by atoms with Crippen molar-refractivity contribution in [3.8, 4) is 11.1 Å². The van der Waals surface area contributed by atoms with Gasteiger partial charge >= 0.3 is 5.97 Å². The number of pyridine rings is 1. The number of hydrogen-bond acceptors (Lipinski definition) is 2. The predicted molar refractivity (Wildman–Crippen MR) is 71.8 cm³/mol. The molecule has 0 atom stereocenters. The second-order valence-corrected chi connectivity index (χ2v) is 4.70. The molecule has 5 heteroatoms. The molecular weight excluding hydrogens is 298 g/mol. The van der Waals surface area contributed by atoms with Crippen LogP contribution in [0, 0.1) is 0 Å². The molecule has 0 aliphatic carbocycles. The number of hydrogen-bond donors (Lipinski definition) is 1. The van der Waals surface area contributed by atoms with E-state index in [-0.39, 0.29) is 5.56 Å². The molecule has 2 aromatic rings. The van der Waals surface area contributed by atoms with Crippen LogP contribution in [0.2, 0.25) is 0 Å². The summed E-state index contributed by atoms with van der Waals surface area (Å²) < 4.78 is 2.12. The summed E-state index contributed by atoms with van der Waals surface area (Å²) in [6.07, 6.45) is 1.62. The molecule has 1 aromatic carbocycles. The summed E-state index contributed by atoms with van der Waals surface area (Å²) in [5, 5.41) is 9.01. The monoisotopic (exact) mass is 307 g/mol. The Morgan fingerprint density at radius 3 is 2.61 bits per heavy atom. The van der Waals surface area contributed by atoms with Crippen LogP contribution in [0.5, 0.6) is 0 Å². The number of aromatic carboxylic acids is 1. The van der Waals surface area contributed by atoms with E-state index in [0.717, 1.165) is 10.0 Å². The van der Waals surface area contributed by atoms with E-state index in [1.807, 2.05) is 24.3 Å². The Hall–Kier alpha value is -1.88. The highest BCUT2D eigenvalue weighted by atomic mass is 79.9. The number of halogens is 1. The zero-order valence-electron chi connectivity index (χ0n) is 9.55. The highest BCUT2D eigenvalue weighted by Gasteiger charge is 2.13. The number of nitrogens with zero attached hydrogens (tertiary/aromatic N) is 1. The number of aromatic nitrogens is 1. The van der Waals surface area contributed by atoms with Crippen LogP contribution in [0.15, 0.2) is 45.8 Å². The van der Waals surface area contributed by atoms with Gasteiger partial charge in [0.1, 0.15) is 5.56 Å². The van der Waals surface area contributed by atoms with E-state index < -0.39 is 11.5 Å². The topological polar surface area (TPSA) is 59.3 Å². The van der Waals surface area contributed by atoms with Crippen LogP contribution in [0.4, 0.5) is 0 Å². The number of rotatable bonds is 2. The number of carbonyl (C=O) groups is 1. The molecule has 0 unspecified atom stereocenters. The molecule has 0 saturated carbocycles. The van der Waals surface area contributed by atoms with Gasteiger partial charge in [-0.2, -0.15) is 0 Å². The molecule has 1 N–H and O–H groups in total. The van der Waals surface area contributed by atoms with Gasteiger partial charge in [0.25, 0.3) is 5.56 Å². The van der Waals surface area contributed by atoms with E-state index in [4.69, 9.17) is 5.11 Å². The van der Waals surface area contributed by atoms with Gasteiger partial charge in [0, 0.05) is 23.3 Å². The van der Waals surface area contributed by atoms with E-state index >= 15 is 0 Å². The van der Waals surface area contributed by atoms with Gasteiger partial charge in [0.05, 0.1) is 0 Å². The molecule has 1 heterocycles. The normalized spacial score (nSPS) is 10.3. The van der Waals surface area contributed by atoms with Crippen molar-refractivity contribution >= 4 is 21.9 Å². The first-order chi connectivity index (χ1) is 8.50. The largest absolute Gasteiger partial charge is 0.477 e. The smallest absolute Gasteiger partial charge is 0.341 e. The minimum atomic E-state index is -1.22. The van der Waals surface area contributed by atoms with Crippen molar-refractivity contribution in [2.24, 2.45) is 7.05 Å². The van der Waals surface area contributed by atoms with Gasteiger partial charge in [-0.3, -0.25) is 4.79 Å². The molecule has 0 saturated heterocycles. The third-order valence-corrected chi connectivity index (χ3v) is 3.29. The van der Waals surface area contributed by atoms with Crippen LogP contribution in [0.3, 0.4) is 0 Å². The third-order valence-electron chi connectivity index (χ3n) is 2.60. The Morgan fingerprint density at radius 2 is 2.00 bits per heavy atom. The minimum absolute atomic E-state index is 0.231. The van der Waals surface area contributed by atoms with Crippen molar-refractivity contribution in [2.75, 3.05) is 0 Å². The molecule has 0 spiro atoms. The van der Waals surface area contributed by atoms with Crippen LogP contribution in [-0.2, 0) is 7.05 Å². The highest BCUT2D eigenvalue weighted by molar-refractivity contribution is 9.10. The van der Waals surface area contributed by atoms with Crippen molar-refractivity contribution in [3.05, 3.63) is 56.9 Å². The van der Waals surface area contributed by atoms with Crippen LogP contribution < -0.4 is 5.56 Å². The Bertz CT molecular complexity index is 676. The summed E-state index contributed by atoms with van der Waals surface area (Å²) in [5.74, 6) is -1.22. The van der Waals surface area contributed by atoms with E-state index in [1.165, 1.54) is 17.7 Å². The van der Waals surface area contributed by atoms with Gasteiger partial charge in [0.2, 0.25) is 0 Å². The van der Waals surface area contributed by atoms with Crippen molar-refractivity contribution < 1.29 is 9.90 Å². The standard InChI is InChI=1S/C13H10BrNO3/c1-15-7-8(6-10(12(15)16)13(17)18)9-4-2-3-5-11(9)14/h2-7H,1H3,(H,17,18). The summed E-state index contributed by atoms with van der Waals surface area (Å²) in [6.45, 7) is 0. The summed E-state index contributed by atoms with van der Waals surface area (Å²) in [7, 11) is 1.54. The Balaban J connectivity index is 2.71. The lowest BCUT2D eigenvalue weighted by molar-refractivity contribution is 0.0694. The lowest BCUT2D eigenvalue weighted by Gasteiger charge is -2.08. The fourth-order valence-electron chi connectivity index (χ4n) is 1.71. The second kappa shape index (κ2) is 4.78.